The van der Waals surface area contributed by atoms with E-state index in [2.05, 4.69) is 13.8 Å². The summed E-state index contributed by atoms with van der Waals surface area (Å²) in [6, 6.07) is 0. The molecule has 3 saturated carbocycles. The summed E-state index contributed by atoms with van der Waals surface area (Å²) in [6.45, 7) is 6.24. The summed E-state index contributed by atoms with van der Waals surface area (Å²) in [4.78, 5) is 0. The third-order valence-corrected chi connectivity index (χ3v) is 9.09. The Labute approximate surface area is 170 Å². The first-order valence-electron chi connectivity index (χ1n) is 11.1. The number of halogens is 2. The highest BCUT2D eigenvalue weighted by atomic mass is 35.5. The Morgan fingerprint density at radius 2 is 1.12 bits per heavy atom. The van der Waals surface area contributed by atoms with Crippen molar-refractivity contribution >= 4 is 23.2 Å². The Hall–Kier alpha value is 0.500. The predicted octanol–water partition coefficient (Wildman–Crippen LogP) is 7.06. The molecular weight excluding hydrogens is 367 g/mol. The fourth-order valence-electron chi connectivity index (χ4n) is 5.72. The van der Waals surface area contributed by atoms with Crippen molar-refractivity contribution in [1.29, 1.82) is 0 Å². The van der Waals surface area contributed by atoms with Gasteiger partial charge in [-0.15, -0.1) is 23.2 Å². The lowest BCUT2D eigenvalue weighted by Crippen LogP contribution is -2.67. The maximum absolute atomic E-state index is 7.11. The highest BCUT2D eigenvalue weighted by Gasteiger charge is 2.72. The number of alkyl halides is 2. The van der Waals surface area contributed by atoms with Gasteiger partial charge in [-0.1, -0.05) is 26.7 Å². The van der Waals surface area contributed by atoms with Gasteiger partial charge in [0.15, 0.2) is 0 Å². The zero-order valence-corrected chi connectivity index (χ0v) is 18.3. The van der Waals surface area contributed by atoms with Crippen LogP contribution >= 0.6 is 23.2 Å². The van der Waals surface area contributed by atoms with Crippen LogP contribution in [0.5, 0.6) is 0 Å². The van der Waals surface area contributed by atoms with Crippen LogP contribution in [0.15, 0.2) is 0 Å². The molecule has 152 valence electrons. The summed E-state index contributed by atoms with van der Waals surface area (Å²) in [6.07, 6.45) is 15.9. The highest BCUT2D eigenvalue weighted by molar-refractivity contribution is 6.50. The van der Waals surface area contributed by atoms with Crippen LogP contribution in [0.2, 0.25) is 0 Å². The first kappa shape index (κ1) is 21.2. The fraction of sp³-hybridized carbons (Fsp3) is 1.00. The summed E-state index contributed by atoms with van der Waals surface area (Å²) in [5.74, 6) is 0. The average molecular weight is 405 g/mol. The molecule has 0 saturated heterocycles. The summed E-state index contributed by atoms with van der Waals surface area (Å²) in [5.41, 5.74) is 0.271. The molecular formula is C22H38Cl2O2. The molecule has 0 aromatic carbocycles. The molecule has 0 aromatic heterocycles. The summed E-state index contributed by atoms with van der Waals surface area (Å²) >= 11 is 14.2. The summed E-state index contributed by atoms with van der Waals surface area (Å²) < 4.78 is 11.5. The van der Waals surface area contributed by atoms with Crippen LogP contribution in [-0.2, 0) is 9.47 Å². The predicted molar refractivity (Wildman–Crippen MR) is 110 cm³/mol. The Bertz CT molecular complexity index is 397. The van der Waals surface area contributed by atoms with Crippen molar-refractivity contribution < 1.29 is 9.47 Å². The van der Waals surface area contributed by atoms with Crippen LogP contribution < -0.4 is 0 Å². The minimum atomic E-state index is -0.553. The monoisotopic (exact) mass is 404 g/mol. The van der Waals surface area contributed by atoms with Gasteiger partial charge in [-0.25, -0.2) is 0 Å². The lowest BCUT2D eigenvalue weighted by Gasteiger charge is -2.69. The second-order valence-electron chi connectivity index (χ2n) is 9.16. The van der Waals surface area contributed by atoms with Gasteiger partial charge in [-0.05, 0) is 70.6 Å². The number of hydrogen-bond acceptors (Lipinski definition) is 2. The van der Waals surface area contributed by atoms with Gasteiger partial charge in [-0.2, -0.15) is 0 Å². The minimum absolute atomic E-state index is 0.136. The molecule has 3 fully saturated rings. The summed E-state index contributed by atoms with van der Waals surface area (Å²) in [7, 11) is 0. The summed E-state index contributed by atoms with van der Waals surface area (Å²) in [5, 5.41) is 0. The number of hydrogen-bond donors (Lipinski definition) is 0. The molecule has 0 heterocycles. The van der Waals surface area contributed by atoms with Gasteiger partial charge in [-0.3, -0.25) is 0 Å². The number of rotatable bonds is 8. The van der Waals surface area contributed by atoms with E-state index in [0.29, 0.717) is 12.2 Å². The van der Waals surface area contributed by atoms with Gasteiger partial charge in [0.2, 0.25) is 0 Å². The molecule has 0 aliphatic heterocycles. The number of unbranched alkanes of at least 4 members (excludes halogenated alkanes) is 2. The Balaban J connectivity index is 1.48. The first-order valence-corrected chi connectivity index (χ1v) is 11.9. The standard InChI is InChI=1S/C22H38Cl2O2/c1-3-5-15-25-18-7-11-20(12-8-18)17-21(22(20,23)24)13-9-19(10-14-21)26-16-6-4-2/h18-19H,3-17H2,1-2H3. The van der Waals surface area contributed by atoms with Gasteiger partial charge in [0, 0.05) is 24.0 Å². The van der Waals surface area contributed by atoms with Gasteiger partial charge >= 0.3 is 0 Å². The maximum Gasteiger partial charge on any atom is 0.129 e. The van der Waals surface area contributed by atoms with Crippen molar-refractivity contribution in [3.05, 3.63) is 0 Å². The van der Waals surface area contributed by atoms with Gasteiger partial charge in [0.05, 0.1) is 12.2 Å². The lowest BCUT2D eigenvalue weighted by atomic mass is 9.44. The SMILES string of the molecule is CCCCOC1CCC2(CC1)CC1(CCC(OCCCC)CC1)C2(Cl)Cl. The molecule has 26 heavy (non-hydrogen) atoms. The molecule has 3 rings (SSSR count). The Kier molecular flexibility index (Phi) is 7.25. The van der Waals surface area contributed by atoms with Crippen LogP contribution in [0.25, 0.3) is 0 Å². The van der Waals surface area contributed by atoms with E-state index in [0.717, 1.165) is 64.6 Å². The molecule has 4 heteroatoms. The Morgan fingerprint density at radius 1 is 0.731 bits per heavy atom. The minimum Gasteiger partial charge on any atom is -0.378 e. The second kappa shape index (κ2) is 8.89. The van der Waals surface area contributed by atoms with Crippen molar-refractivity contribution in [2.45, 2.75) is 114 Å². The second-order valence-corrected chi connectivity index (χ2v) is 10.5. The molecule has 3 aliphatic carbocycles. The van der Waals surface area contributed by atoms with E-state index >= 15 is 0 Å². The van der Waals surface area contributed by atoms with Crippen LogP contribution in [0.1, 0.15) is 97.3 Å². The van der Waals surface area contributed by atoms with Gasteiger partial charge < -0.3 is 9.47 Å². The zero-order valence-electron chi connectivity index (χ0n) is 16.8. The van der Waals surface area contributed by atoms with E-state index in [9.17, 15) is 0 Å². The topological polar surface area (TPSA) is 18.5 Å². The molecule has 0 radical (unpaired) electrons. The Morgan fingerprint density at radius 3 is 1.42 bits per heavy atom. The van der Waals surface area contributed by atoms with Crippen LogP contribution in [-0.4, -0.2) is 29.8 Å². The van der Waals surface area contributed by atoms with E-state index < -0.39 is 4.33 Å². The van der Waals surface area contributed by atoms with Crippen molar-refractivity contribution in [2.75, 3.05) is 13.2 Å². The smallest absolute Gasteiger partial charge is 0.129 e. The fourth-order valence-corrected chi connectivity index (χ4v) is 6.74. The highest BCUT2D eigenvalue weighted by Crippen LogP contribution is 2.76. The molecule has 2 nitrogen and oxygen atoms in total. The number of ether oxygens (including phenoxy) is 2. The molecule has 0 unspecified atom stereocenters. The van der Waals surface area contributed by atoms with Crippen molar-refractivity contribution in [1.82, 2.24) is 0 Å². The molecule has 0 N–H and O–H groups in total. The van der Waals surface area contributed by atoms with Crippen LogP contribution in [0.4, 0.5) is 0 Å². The van der Waals surface area contributed by atoms with Crippen molar-refractivity contribution in [3.8, 4) is 0 Å². The molecule has 0 atom stereocenters. The van der Waals surface area contributed by atoms with Crippen LogP contribution in [0.3, 0.4) is 0 Å². The first-order chi connectivity index (χ1) is 12.5. The van der Waals surface area contributed by atoms with Crippen LogP contribution in [0, 0.1) is 10.8 Å². The van der Waals surface area contributed by atoms with Crippen molar-refractivity contribution in [3.63, 3.8) is 0 Å². The van der Waals surface area contributed by atoms with Crippen molar-refractivity contribution in [2.24, 2.45) is 10.8 Å². The van der Waals surface area contributed by atoms with Gasteiger partial charge in [0.25, 0.3) is 0 Å². The maximum atomic E-state index is 7.11. The largest absolute Gasteiger partial charge is 0.378 e. The molecule has 3 aliphatic rings. The third-order valence-electron chi connectivity index (χ3n) is 7.49. The van der Waals surface area contributed by atoms with E-state index in [4.69, 9.17) is 32.7 Å². The lowest BCUT2D eigenvalue weighted by molar-refractivity contribution is -0.139. The zero-order chi connectivity index (χ0) is 18.7. The van der Waals surface area contributed by atoms with Gasteiger partial charge in [0.1, 0.15) is 4.33 Å². The van der Waals surface area contributed by atoms with E-state index in [-0.39, 0.29) is 10.8 Å². The molecule has 0 bridgehead atoms. The van der Waals surface area contributed by atoms with E-state index in [1.54, 1.807) is 0 Å². The van der Waals surface area contributed by atoms with E-state index in [1.807, 2.05) is 0 Å². The average Bonchev–Trinajstić information content (AvgIpc) is 2.65. The molecule has 0 amide bonds. The quantitative estimate of drug-likeness (QED) is 0.318. The molecule has 2 spiro atoms. The normalized spacial score (nSPS) is 39.2. The molecule has 0 aromatic rings. The van der Waals surface area contributed by atoms with E-state index in [1.165, 1.54) is 32.1 Å². The third kappa shape index (κ3) is 3.95.